The first kappa shape index (κ1) is 37.4. The molecule has 0 bridgehead atoms. The summed E-state index contributed by atoms with van der Waals surface area (Å²) >= 11 is 4.30. The fourth-order valence-corrected chi connectivity index (χ4v) is 9.27. The van der Waals surface area contributed by atoms with Crippen LogP contribution in [-0.2, 0) is 5.41 Å². The molecule has 7 aromatic carbocycles. The second-order valence-corrected chi connectivity index (χ2v) is 16.5. The zero-order chi connectivity index (χ0) is 42.0. The van der Waals surface area contributed by atoms with E-state index in [4.69, 9.17) is 25.3 Å². The van der Waals surface area contributed by atoms with Gasteiger partial charge in [0, 0.05) is 44.2 Å². The molecule has 0 aliphatic heterocycles. The molecule has 9 aromatic rings. The largest absolute Gasteiger partial charge is 0.299 e. The van der Waals surface area contributed by atoms with Crippen molar-refractivity contribution in [1.82, 2.24) is 19.9 Å². The molecule has 0 amide bonds. The maximum atomic E-state index is 8.64. The van der Waals surface area contributed by atoms with Gasteiger partial charge >= 0.3 is 0 Å². The van der Waals surface area contributed by atoms with Crippen LogP contribution in [0.15, 0.2) is 180 Å². The lowest BCUT2D eigenvalue weighted by Crippen LogP contribution is -2.18. The number of rotatable bonds is 6. The summed E-state index contributed by atoms with van der Waals surface area (Å²) in [5.74, 6) is 1.79. The van der Waals surface area contributed by atoms with Gasteiger partial charge < -0.3 is 0 Å². The van der Waals surface area contributed by atoms with E-state index in [1.54, 1.807) is 6.08 Å². The number of hydrogen-bond acceptors (Lipinski definition) is 7. The fourth-order valence-electron chi connectivity index (χ4n) is 9.06. The molecule has 0 radical (unpaired) electrons. The molecule has 1 N–H and O–H groups in total. The highest BCUT2D eigenvalue weighted by atomic mass is 32.1. The van der Waals surface area contributed by atoms with Crippen molar-refractivity contribution in [1.29, 1.82) is 5.41 Å². The molecule has 0 unspecified atom stereocenters. The van der Waals surface area contributed by atoms with Crippen LogP contribution in [0.3, 0.4) is 0 Å². The quantitative estimate of drug-likeness (QED) is 0.164. The lowest BCUT2D eigenvalue weighted by molar-refractivity contribution is 0.660. The molecule has 294 valence electrons. The van der Waals surface area contributed by atoms with E-state index in [1.165, 1.54) is 27.8 Å². The van der Waals surface area contributed by atoms with Crippen molar-refractivity contribution in [2.75, 3.05) is 0 Å². The van der Waals surface area contributed by atoms with E-state index in [9.17, 15) is 0 Å². The van der Waals surface area contributed by atoms with Crippen LogP contribution < -0.4 is 0 Å². The van der Waals surface area contributed by atoms with Crippen molar-refractivity contribution in [3.05, 3.63) is 198 Å². The second-order valence-electron chi connectivity index (χ2n) is 16.3. The molecule has 0 spiro atoms. The fraction of sp³-hybridized carbons (Fsp3) is 0.0545. The number of nitrogens with zero attached hydrogens (tertiary/aromatic N) is 5. The number of aromatic nitrogens is 4. The predicted molar refractivity (Wildman–Crippen MR) is 258 cm³/mol. The Kier molecular flexibility index (Phi) is 8.95. The Balaban J connectivity index is 0.978. The van der Waals surface area contributed by atoms with Gasteiger partial charge in [-0.25, -0.2) is 24.3 Å². The average Bonchev–Trinajstić information content (AvgIpc) is 3.56. The molecule has 11 rings (SSSR count). The third-order valence-electron chi connectivity index (χ3n) is 12.3. The van der Waals surface area contributed by atoms with E-state index in [-0.39, 0.29) is 5.41 Å². The average molecular weight is 815 g/mol. The van der Waals surface area contributed by atoms with Crippen LogP contribution in [0.2, 0.25) is 0 Å². The van der Waals surface area contributed by atoms with Crippen molar-refractivity contribution < 1.29 is 0 Å². The number of allylic oxidation sites excluding steroid dienone is 1. The van der Waals surface area contributed by atoms with Crippen LogP contribution >= 0.6 is 12.8 Å². The van der Waals surface area contributed by atoms with Crippen molar-refractivity contribution in [3.63, 3.8) is 0 Å². The van der Waals surface area contributed by atoms with E-state index in [1.807, 2.05) is 66.7 Å². The van der Waals surface area contributed by atoms with Crippen molar-refractivity contribution in [3.8, 4) is 78.8 Å². The molecular formula is C55H38N6S. The van der Waals surface area contributed by atoms with Gasteiger partial charge in [0.1, 0.15) is 5.71 Å². The van der Waals surface area contributed by atoms with Gasteiger partial charge in [-0.05, 0) is 87.7 Å². The lowest BCUT2D eigenvalue weighted by atomic mass is 9.81. The summed E-state index contributed by atoms with van der Waals surface area (Å²) in [6, 6.07) is 58.9. The zero-order valence-electron chi connectivity index (χ0n) is 34.0. The maximum absolute atomic E-state index is 8.64. The first-order chi connectivity index (χ1) is 30.3. The van der Waals surface area contributed by atoms with Crippen LogP contribution in [0, 0.1) is 5.41 Å². The highest BCUT2D eigenvalue weighted by molar-refractivity contribution is 7.79. The minimum atomic E-state index is -0.0695. The highest BCUT2D eigenvalue weighted by Gasteiger charge is 2.35. The van der Waals surface area contributed by atoms with Crippen molar-refractivity contribution >= 4 is 41.2 Å². The normalized spacial score (nSPS) is 14.2. The third-order valence-corrected chi connectivity index (χ3v) is 12.5. The summed E-state index contributed by atoms with van der Waals surface area (Å²) in [6.45, 7) is 4.63. The van der Waals surface area contributed by atoms with Gasteiger partial charge in [-0.3, -0.25) is 5.41 Å². The van der Waals surface area contributed by atoms with Crippen LogP contribution in [0.25, 0.3) is 95.8 Å². The first-order valence-corrected chi connectivity index (χ1v) is 21.0. The number of fused-ring (bicyclic) bond motifs is 6. The van der Waals surface area contributed by atoms with Gasteiger partial charge in [-0.15, -0.1) is 0 Å². The summed E-state index contributed by atoms with van der Waals surface area (Å²) in [5.41, 5.74) is 17.5. The molecule has 62 heavy (non-hydrogen) atoms. The maximum Gasteiger partial charge on any atom is 0.164 e. The summed E-state index contributed by atoms with van der Waals surface area (Å²) in [6.07, 6.45) is 3.72. The van der Waals surface area contributed by atoms with E-state index < -0.39 is 0 Å². The summed E-state index contributed by atoms with van der Waals surface area (Å²) < 4.78 is 4.27. The smallest absolute Gasteiger partial charge is 0.164 e. The lowest BCUT2D eigenvalue weighted by Gasteiger charge is -2.22. The number of nitrogens with one attached hydrogen (secondary N) is 1. The molecule has 0 saturated heterocycles. The molecule has 6 nitrogen and oxygen atoms in total. The van der Waals surface area contributed by atoms with Crippen LogP contribution in [0.4, 0.5) is 0 Å². The third kappa shape index (κ3) is 6.28. The Bertz CT molecular complexity index is 3330. The number of benzene rings is 7. The van der Waals surface area contributed by atoms with E-state index in [0.29, 0.717) is 28.9 Å². The summed E-state index contributed by atoms with van der Waals surface area (Å²) in [7, 11) is 0. The Labute approximate surface area is 365 Å². The predicted octanol–water partition coefficient (Wildman–Crippen LogP) is 13.4. The summed E-state index contributed by atoms with van der Waals surface area (Å²) in [4.78, 5) is 20.4. The van der Waals surface area contributed by atoms with Gasteiger partial charge in [-0.2, -0.15) is 0 Å². The topological polar surface area (TPSA) is 87.8 Å². The molecule has 0 atom stereocenters. The number of hydrogen-bond donors (Lipinski definition) is 2. The first-order valence-electron chi connectivity index (χ1n) is 20.6. The number of pyridine rings is 1. The van der Waals surface area contributed by atoms with E-state index >= 15 is 0 Å². The summed E-state index contributed by atoms with van der Waals surface area (Å²) in [5, 5.41) is 9.55. The van der Waals surface area contributed by atoms with Gasteiger partial charge in [0.2, 0.25) is 0 Å². The molecule has 2 aromatic heterocycles. The van der Waals surface area contributed by atoms with Crippen LogP contribution in [0.5, 0.6) is 0 Å². The Morgan fingerprint density at radius 1 is 0.468 bits per heavy atom. The van der Waals surface area contributed by atoms with Gasteiger partial charge in [0.15, 0.2) is 17.5 Å². The Morgan fingerprint density at radius 3 is 1.76 bits per heavy atom. The van der Waals surface area contributed by atoms with Gasteiger partial charge in [0.25, 0.3) is 0 Å². The molecule has 0 fully saturated rings. The highest BCUT2D eigenvalue weighted by Crippen LogP contribution is 2.49. The molecule has 2 heterocycles. The van der Waals surface area contributed by atoms with Crippen LogP contribution in [-0.4, -0.2) is 31.4 Å². The minimum absolute atomic E-state index is 0.0695. The van der Waals surface area contributed by atoms with E-state index in [2.05, 4.69) is 140 Å². The number of thiol groups is 1. The van der Waals surface area contributed by atoms with Gasteiger partial charge in [0.05, 0.1) is 16.9 Å². The van der Waals surface area contributed by atoms with E-state index in [0.717, 1.165) is 66.7 Å². The molecule has 2 aliphatic rings. The standard InChI is InChI=1S/C55H38N6S/c1-55(2)45-19-10-9-18-41(45)42-26-24-38(31-46(42)55)33-20-22-36(23-21-33)53-58-52(35-14-7-4-8-15-35)59-54(60-53)40-17-11-16-37(30-40)39-25-27-43-48(32-39)57-50(34-12-5-3-6-13-34)44-28-29-47(56)51(61-62)49(43)44/h3-32,56,62H,1-2H3/b56-47?,61-51+. The molecule has 2 aliphatic carbocycles. The SMILES string of the molecule is CC1(C)c2ccccc2-c2ccc(-c3ccc(-c4nc(-c5ccccc5)nc(-c5cccc(-c6ccc7c8c(c(-c9ccccc9)nc7c6)C=CC(=N)/C8=N\S)c5)n4)cc3)cc21. The molecule has 0 saturated carbocycles. The Hall–Kier alpha value is -7.61. The van der Waals surface area contributed by atoms with Crippen molar-refractivity contribution in [2.45, 2.75) is 19.3 Å². The zero-order valence-corrected chi connectivity index (χ0v) is 34.9. The Morgan fingerprint density at radius 2 is 1.02 bits per heavy atom. The van der Waals surface area contributed by atoms with Gasteiger partial charge in [-0.1, -0.05) is 166 Å². The van der Waals surface area contributed by atoms with Crippen LogP contribution in [0.1, 0.15) is 36.1 Å². The minimum Gasteiger partial charge on any atom is -0.299 e. The van der Waals surface area contributed by atoms with Crippen molar-refractivity contribution in [2.24, 2.45) is 4.40 Å². The monoisotopic (exact) mass is 814 g/mol. The second kappa shape index (κ2) is 14.8. The molecule has 7 heteroatoms. The molecular weight excluding hydrogens is 777 g/mol.